The summed E-state index contributed by atoms with van der Waals surface area (Å²) in [5.74, 6) is -0.336. The van der Waals surface area contributed by atoms with Crippen LogP contribution in [0, 0.1) is 0 Å². The largest absolute Gasteiger partial charge is 0.325 e. The fourth-order valence-electron chi connectivity index (χ4n) is 2.54. The maximum Gasteiger partial charge on any atom is 0.256 e. The second kappa shape index (κ2) is 4.07. The van der Waals surface area contributed by atoms with Gasteiger partial charge in [0.2, 0.25) is 5.91 Å². The summed E-state index contributed by atoms with van der Waals surface area (Å²) in [7, 11) is 0. The molecule has 2 aliphatic rings. The molecule has 3 rings (SSSR count). The average molecular weight is 310 g/mol. The van der Waals surface area contributed by atoms with Crippen molar-refractivity contribution in [1.29, 1.82) is 0 Å². The Kier molecular flexibility index (Phi) is 2.64. The lowest BCUT2D eigenvalue weighted by atomic mass is 10.1. The smallest absolute Gasteiger partial charge is 0.256 e. The van der Waals surface area contributed by atoms with Gasteiger partial charge in [0.25, 0.3) is 5.91 Å². The van der Waals surface area contributed by atoms with Crippen LogP contribution in [-0.4, -0.2) is 35.3 Å². The molecule has 2 atom stereocenters. The molecule has 94 valence electrons. The van der Waals surface area contributed by atoms with E-state index in [4.69, 9.17) is 5.73 Å². The lowest BCUT2D eigenvalue weighted by Gasteiger charge is -2.22. The van der Waals surface area contributed by atoms with Crippen LogP contribution in [0.3, 0.4) is 0 Å². The van der Waals surface area contributed by atoms with Crippen LogP contribution >= 0.6 is 15.9 Å². The number of nitrogens with one attached hydrogen (secondary N) is 1. The molecule has 2 heterocycles. The maximum absolute atomic E-state index is 12.4. The van der Waals surface area contributed by atoms with E-state index in [1.165, 1.54) is 0 Å². The zero-order valence-corrected chi connectivity index (χ0v) is 11.1. The molecule has 0 spiro atoms. The van der Waals surface area contributed by atoms with Crippen LogP contribution in [0.15, 0.2) is 22.7 Å². The Balaban J connectivity index is 2.11. The van der Waals surface area contributed by atoms with E-state index in [1.807, 2.05) is 0 Å². The van der Waals surface area contributed by atoms with Crippen molar-refractivity contribution >= 4 is 33.4 Å². The summed E-state index contributed by atoms with van der Waals surface area (Å²) >= 11 is 3.33. The zero-order chi connectivity index (χ0) is 12.9. The van der Waals surface area contributed by atoms with Crippen LogP contribution in [0.4, 0.5) is 5.69 Å². The molecule has 3 N–H and O–H groups in total. The van der Waals surface area contributed by atoms with Gasteiger partial charge >= 0.3 is 0 Å². The highest BCUT2D eigenvalue weighted by Gasteiger charge is 2.43. The van der Waals surface area contributed by atoms with Crippen LogP contribution in [0.25, 0.3) is 0 Å². The monoisotopic (exact) mass is 309 g/mol. The first-order chi connectivity index (χ1) is 8.58. The Hall–Kier alpha value is -1.40. The molecule has 1 aromatic carbocycles. The summed E-state index contributed by atoms with van der Waals surface area (Å²) in [6.07, 6.45) is 0.660. The summed E-state index contributed by atoms with van der Waals surface area (Å²) < 4.78 is 0.811. The molecule has 1 aromatic rings. The number of benzene rings is 1. The van der Waals surface area contributed by atoms with Crippen molar-refractivity contribution in [2.75, 3.05) is 11.9 Å². The van der Waals surface area contributed by atoms with E-state index < -0.39 is 6.04 Å². The van der Waals surface area contributed by atoms with E-state index in [0.29, 0.717) is 24.2 Å². The van der Waals surface area contributed by atoms with Gasteiger partial charge in [-0.2, -0.15) is 0 Å². The predicted octanol–water partition coefficient (Wildman–Crippen LogP) is 0.943. The zero-order valence-electron chi connectivity index (χ0n) is 9.52. The highest BCUT2D eigenvalue weighted by atomic mass is 79.9. The SMILES string of the molecule is NC1CCN2C(=O)c3cc(Br)ccc3NC(=O)C12. The Morgan fingerprint density at radius 2 is 2.17 bits per heavy atom. The lowest BCUT2D eigenvalue weighted by Crippen LogP contribution is -2.48. The fourth-order valence-corrected chi connectivity index (χ4v) is 2.90. The molecule has 0 aliphatic carbocycles. The van der Waals surface area contributed by atoms with Crippen molar-refractivity contribution in [3.8, 4) is 0 Å². The van der Waals surface area contributed by atoms with Gasteiger partial charge in [0.1, 0.15) is 6.04 Å². The molecule has 18 heavy (non-hydrogen) atoms. The van der Waals surface area contributed by atoms with Gasteiger partial charge in [0, 0.05) is 17.1 Å². The van der Waals surface area contributed by atoms with E-state index in [-0.39, 0.29) is 17.9 Å². The van der Waals surface area contributed by atoms with Crippen molar-refractivity contribution in [2.45, 2.75) is 18.5 Å². The summed E-state index contributed by atoms with van der Waals surface area (Å²) in [4.78, 5) is 26.1. The highest BCUT2D eigenvalue weighted by Crippen LogP contribution is 2.30. The Labute approximate surface area is 112 Å². The molecular formula is C12H12BrN3O2. The van der Waals surface area contributed by atoms with Gasteiger partial charge in [-0.15, -0.1) is 0 Å². The molecule has 2 unspecified atom stereocenters. The highest BCUT2D eigenvalue weighted by molar-refractivity contribution is 9.10. The minimum Gasteiger partial charge on any atom is -0.325 e. The molecule has 6 heteroatoms. The molecule has 1 saturated heterocycles. The van der Waals surface area contributed by atoms with E-state index in [1.54, 1.807) is 23.1 Å². The number of amides is 2. The number of halogens is 1. The molecule has 2 amide bonds. The van der Waals surface area contributed by atoms with Crippen LogP contribution in [0.2, 0.25) is 0 Å². The number of carbonyl (C=O) groups is 2. The van der Waals surface area contributed by atoms with Crippen molar-refractivity contribution in [3.63, 3.8) is 0 Å². The summed E-state index contributed by atoms with van der Waals surface area (Å²) in [5.41, 5.74) is 6.97. The predicted molar refractivity (Wildman–Crippen MR) is 70.2 cm³/mol. The first-order valence-corrected chi connectivity index (χ1v) is 6.54. The fraction of sp³-hybridized carbons (Fsp3) is 0.333. The van der Waals surface area contributed by atoms with E-state index >= 15 is 0 Å². The summed E-state index contributed by atoms with van der Waals surface area (Å²) in [6.45, 7) is 0.532. The molecule has 0 saturated carbocycles. The van der Waals surface area contributed by atoms with E-state index in [9.17, 15) is 9.59 Å². The average Bonchev–Trinajstić information content (AvgIpc) is 2.68. The molecule has 0 bridgehead atoms. The first kappa shape index (κ1) is 11.7. The number of rotatable bonds is 0. The number of nitrogens with two attached hydrogens (primary N) is 1. The third-order valence-corrected chi connectivity index (χ3v) is 3.94. The third-order valence-electron chi connectivity index (χ3n) is 3.44. The van der Waals surface area contributed by atoms with Gasteiger partial charge in [-0.1, -0.05) is 15.9 Å². The first-order valence-electron chi connectivity index (χ1n) is 5.75. The van der Waals surface area contributed by atoms with Crippen molar-refractivity contribution < 1.29 is 9.59 Å². The number of nitrogens with zero attached hydrogens (tertiary/aromatic N) is 1. The van der Waals surface area contributed by atoms with Gasteiger partial charge < -0.3 is 16.0 Å². The van der Waals surface area contributed by atoms with Crippen LogP contribution in [0.1, 0.15) is 16.8 Å². The van der Waals surface area contributed by atoms with Gasteiger partial charge in [-0.3, -0.25) is 9.59 Å². The van der Waals surface area contributed by atoms with Gasteiger partial charge in [0.05, 0.1) is 11.3 Å². The maximum atomic E-state index is 12.4. The van der Waals surface area contributed by atoms with Gasteiger partial charge in [-0.25, -0.2) is 0 Å². The number of anilines is 1. The quantitative estimate of drug-likeness (QED) is 0.749. The Morgan fingerprint density at radius 1 is 1.39 bits per heavy atom. The minimum atomic E-state index is -0.552. The second-order valence-electron chi connectivity index (χ2n) is 4.58. The van der Waals surface area contributed by atoms with Gasteiger partial charge in [0.15, 0.2) is 0 Å². The lowest BCUT2D eigenvalue weighted by molar-refractivity contribution is -0.119. The van der Waals surface area contributed by atoms with E-state index in [2.05, 4.69) is 21.2 Å². The standard InChI is InChI=1S/C12H12BrN3O2/c13-6-1-2-9-7(5-6)12(18)16-4-3-8(14)10(16)11(17)15-9/h1-2,5,8,10H,3-4,14H2,(H,15,17). The number of fused-ring (bicyclic) bond motifs is 2. The molecule has 0 aromatic heterocycles. The van der Waals surface area contributed by atoms with Crippen molar-refractivity contribution in [3.05, 3.63) is 28.2 Å². The van der Waals surface area contributed by atoms with Gasteiger partial charge in [-0.05, 0) is 24.6 Å². The normalized spacial score (nSPS) is 26.4. The third kappa shape index (κ3) is 1.64. The topological polar surface area (TPSA) is 75.4 Å². The van der Waals surface area contributed by atoms with Crippen LogP contribution < -0.4 is 11.1 Å². The molecule has 2 aliphatic heterocycles. The Morgan fingerprint density at radius 3 is 2.94 bits per heavy atom. The number of hydrogen-bond acceptors (Lipinski definition) is 3. The van der Waals surface area contributed by atoms with E-state index in [0.717, 1.165) is 4.47 Å². The molecule has 5 nitrogen and oxygen atoms in total. The van der Waals surface area contributed by atoms with Crippen LogP contribution in [-0.2, 0) is 4.79 Å². The molecular weight excluding hydrogens is 298 g/mol. The second-order valence-corrected chi connectivity index (χ2v) is 5.49. The molecule has 1 fully saturated rings. The number of carbonyl (C=O) groups excluding carboxylic acids is 2. The number of hydrogen-bond donors (Lipinski definition) is 2. The van der Waals surface area contributed by atoms with Crippen LogP contribution in [0.5, 0.6) is 0 Å². The Bertz CT molecular complexity index is 546. The summed E-state index contributed by atoms with van der Waals surface area (Å²) in [6, 6.07) is 4.41. The minimum absolute atomic E-state index is 0.136. The van der Waals surface area contributed by atoms with Crippen molar-refractivity contribution in [2.24, 2.45) is 5.73 Å². The summed E-state index contributed by atoms with van der Waals surface area (Å²) in [5, 5.41) is 2.78. The van der Waals surface area contributed by atoms with Crippen molar-refractivity contribution in [1.82, 2.24) is 4.90 Å². The molecule has 0 radical (unpaired) electrons.